The number of thiazole rings is 1. The maximum Gasteiger partial charge on any atom is 0.261 e. The Morgan fingerprint density at radius 2 is 2.00 bits per heavy atom. The molecule has 0 spiro atoms. The lowest BCUT2D eigenvalue weighted by Crippen LogP contribution is -2.43. The zero-order chi connectivity index (χ0) is 20.2. The number of fused-ring (bicyclic) bond motifs is 1. The highest BCUT2D eigenvalue weighted by Gasteiger charge is 2.24. The molecule has 160 valence electrons. The van der Waals surface area contributed by atoms with Gasteiger partial charge in [0.15, 0.2) is 5.13 Å². The number of aromatic nitrogens is 1. The largest absolute Gasteiger partial charge is 0.379 e. The first-order valence-corrected chi connectivity index (χ1v) is 12.3. The number of morpholine rings is 1. The molecule has 1 amide bonds. The molecular formula is C21H23BrClN3O2S2. The molecule has 5 nitrogen and oxygen atoms in total. The Hall–Kier alpha value is -1.16. The Morgan fingerprint density at radius 3 is 2.73 bits per heavy atom. The van der Waals surface area contributed by atoms with E-state index in [2.05, 4.69) is 39.2 Å². The molecule has 2 aromatic carbocycles. The SMILES string of the molecule is CSc1cccc2sc(N(CCN3CCOCC3)C(=O)c3ccccc3Br)nc12.Cl. The molecule has 2 heterocycles. The first-order valence-electron chi connectivity index (χ1n) is 9.47. The van der Waals surface area contributed by atoms with E-state index in [1.807, 2.05) is 35.2 Å². The normalized spacial score (nSPS) is 14.5. The van der Waals surface area contributed by atoms with Gasteiger partial charge in [-0.05, 0) is 46.5 Å². The van der Waals surface area contributed by atoms with Crippen LogP contribution >= 0.6 is 51.4 Å². The van der Waals surface area contributed by atoms with Crippen LogP contribution < -0.4 is 4.90 Å². The molecule has 0 atom stereocenters. The summed E-state index contributed by atoms with van der Waals surface area (Å²) in [6.07, 6.45) is 2.05. The lowest BCUT2D eigenvalue weighted by atomic mass is 10.2. The third-order valence-electron chi connectivity index (χ3n) is 4.91. The van der Waals surface area contributed by atoms with E-state index in [4.69, 9.17) is 9.72 Å². The van der Waals surface area contributed by atoms with E-state index < -0.39 is 0 Å². The maximum absolute atomic E-state index is 13.5. The number of hydrogen-bond acceptors (Lipinski definition) is 6. The molecule has 1 aliphatic rings. The average molecular weight is 529 g/mol. The van der Waals surface area contributed by atoms with Crippen LogP contribution in [0.5, 0.6) is 0 Å². The highest BCUT2D eigenvalue weighted by Crippen LogP contribution is 2.35. The van der Waals surface area contributed by atoms with Gasteiger partial charge in [0.1, 0.15) is 0 Å². The topological polar surface area (TPSA) is 45.7 Å². The zero-order valence-corrected chi connectivity index (χ0v) is 20.6. The van der Waals surface area contributed by atoms with E-state index in [9.17, 15) is 4.79 Å². The van der Waals surface area contributed by atoms with Crippen molar-refractivity contribution < 1.29 is 9.53 Å². The second kappa shape index (κ2) is 10.9. The average Bonchev–Trinajstić information content (AvgIpc) is 3.19. The Bertz CT molecular complexity index is 1010. The van der Waals surface area contributed by atoms with Crippen LogP contribution in [0.4, 0.5) is 5.13 Å². The maximum atomic E-state index is 13.5. The van der Waals surface area contributed by atoms with Crippen LogP contribution in [0, 0.1) is 0 Å². The second-order valence-electron chi connectivity index (χ2n) is 6.69. The van der Waals surface area contributed by atoms with Gasteiger partial charge in [-0.2, -0.15) is 0 Å². The fourth-order valence-electron chi connectivity index (χ4n) is 3.32. The molecule has 0 bridgehead atoms. The summed E-state index contributed by atoms with van der Waals surface area (Å²) >= 11 is 6.78. The van der Waals surface area contributed by atoms with E-state index in [-0.39, 0.29) is 18.3 Å². The molecule has 0 unspecified atom stereocenters. The van der Waals surface area contributed by atoms with Gasteiger partial charge < -0.3 is 4.74 Å². The third kappa shape index (κ3) is 5.18. The van der Waals surface area contributed by atoms with Crippen LogP contribution in [0.15, 0.2) is 51.8 Å². The van der Waals surface area contributed by atoms with Crippen LogP contribution in [-0.4, -0.2) is 61.4 Å². The number of hydrogen-bond donors (Lipinski definition) is 0. The van der Waals surface area contributed by atoms with Gasteiger partial charge in [0.05, 0.1) is 29.0 Å². The van der Waals surface area contributed by atoms with Gasteiger partial charge in [0.2, 0.25) is 0 Å². The van der Waals surface area contributed by atoms with Gasteiger partial charge in [-0.3, -0.25) is 14.6 Å². The van der Waals surface area contributed by atoms with E-state index in [0.29, 0.717) is 12.1 Å². The summed E-state index contributed by atoms with van der Waals surface area (Å²) in [5.74, 6) is -0.0320. The van der Waals surface area contributed by atoms with Crippen LogP contribution in [0.3, 0.4) is 0 Å². The zero-order valence-electron chi connectivity index (χ0n) is 16.5. The number of para-hydroxylation sites is 1. The Kier molecular flexibility index (Phi) is 8.56. The van der Waals surface area contributed by atoms with Gasteiger partial charge in [0.25, 0.3) is 5.91 Å². The van der Waals surface area contributed by atoms with Crippen molar-refractivity contribution in [3.05, 3.63) is 52.5 Å². The van der Waals surface area contributed by atoms with E-state index in [0.717, 1.165) is 57.6 Å². The summed E-state index contributed by atoms with van der Waals surface area (Å²) in [4.78, 5) is 23.6. The third-order valence-corrected chi connectivity index (χ3v) is 7.42. The molecule has 0 saturated carbocycles. The fourth-order valence-corrected chi connectivity index (χ4v) is 5.42. The summed E-state index contributed by atoms with van der Waals surface area (Å²) in [5, 5.41) is 0.746. The van der Waals surface area contributed by atoms with Crippen LogP contribution in [0.2, 0.25) is 0 Å². The molecular weight excluding hydrogens is 506 g/mol. The molecule has 9 heteroatoms. The van der Waals surface area contributed by atoms with Gasteiger partial charge in [-0.25, -0.2) is 4.98 Å². The van der Waals surface area contributed by atoms with Gasteiger partial charge in [-0.15, -0.1) is 24.2 Å². The molecule has 0 N–H and O–H groups in total. The van der Waals surface area contributed by atoms with Crippen molar-refractivity contribution in [2.24, 2.45) is 0 Å². The minimum Gasteiger partial charge on any atom is -0.379 e. The molecule has 1 aliphatic heterocycles. The number of anilines is 1. The van der Waals surface area contributed by atoms with Crippen molar-refractivity contribution in [2.75, 3.05) is 50.5 Å². The molecule has 1 fully saturated rings. The number of nitrogens with zero attached hydrogens (tertiary/aromatic N) is 3. The number of halogens is 2. The standard InChI is InChI=1S/C21H22BrN3O2S2.ClH/c1-28-17-7-4-8-18-19(17)23-21(29-18)25(10-9-24-11-13-27-14-12-24)20(26)15-5-2-3-6-16(15)22;/h2-8H,9-14H2,1H3;1H. The van der Waals surface area contributed by atoms with Crippen molar-refractivity contribution in [3.63, 3.8) is 0 Å². The summed E-state index contributed by atoms with van der Waals surface area (Å²) in [6, 6.07) is 13.8. The van der Waals surface area contributed by atoms with Gasteiger partial charge in [0, 0.05) is 35.5 Å². The summed E-state index contributed by atoms with van der Waals surface area (Å²) in [7, 11) is 0. The molecule has 0 aliphatic carbocycles. The Balaban J connectivity index is 0.00000256. The number of carbonyl (C=O) groups excluding carboxylic acids is 1. The summed E-state index contributed by atoms with van der Waals surface area (Å²) in [6.45, 7) is 4.67. The lowest BCUT2D eigenvalue weighted by molar-refractivity contribution is 0.0391. The predicted octanol–water partition coefficient (Wildman–Crippen LogP) is 5.18. The number of thioether (sulfide) groups is 1. The molecule has 3 aromatic rings. The van der Waals surface area contributed by atoms with Crippen LogP contribution in [0.25, 0.3) is 10.2 Å². The van der Waals surface area contributed by atoms with Crippen molar-refractivity contribution in [3.8, 4) is 0 Å². The van der Waals surface area contributed by atoms with Crippen molar-refractivity contribution in [1.29, 1.82) is 0 Å². The monoisotopic (exact) mass is 527 g/mol. The van der Waals surface area contributed by atoms with Crippen molar-refractivity contribution in [2.45, 2.75) is 4.90 Å². The number of amides is 1. The highest BCUT2D eigenvalue weighted by atomic mass is 79.9. The second-order valence-corrected chi connectivity index (χ2v) is 9.41. The minimum absolute atomic E-state index is 0. The first kappa shape index (κ1) is 23.5. The smallest absolute Gasteiger partial charge is 0.261 e. The number of ether oxygens (including phenoxy) is 1. The van der Waals surface area contributed by atoms with Crippen LogP contribution in [0.1, 0.15) is 10.4 Å². The number of rotatable bonds is 6. The Morgan fingerprint density at radius 1 is 1.23 bits per heavy atom. The lowest BCUT2D eigenvalue weighted by Gasteiger charge is -2.29. The number of benzene rings is 2. The Labute approximate surface area is 199 Å². The minimum atomic E-state index is -0.0320. The van der Waals surface area contributed by atoms with Gasteiger partial charge >= 0.3 is 0 Å². The summed E-state index contributed by atoms with van der Waals surface area (Å²) in [5.41, 5.74) is 1.62. The molecule has 1 aromatic heterocycles. The molecule has 1 saturated heterocycles. The van der Waals surface area contributed by atoms with Crippen molar-refractivity contribution >= 4 is 72.7 Å². The van der Waals surface area contributed by atoms with Crippen LogP contribution in [-0.2, 0) is 4.74 Å². The predicted molar refractivity (Wildman–Crippen MR) is 132 cm³/mol. The molecule has 0 radical (unpaired) electrons. The van der Waals surface area contributed by atoms with E-state index in [1.54, 1.807) is 23.1 Å². The van der Waals surface area contributed by atoms with E-state index >= 15 is 0 Å². The van der Waals surface area contributed by atoms with Gasteiger partial charge in [-0.1, -0.05) is 29.5 Å². The number of carbonyl (C=O) groups is 1. The summed E-state index contributed by atoms with van der Waals surface area (Å²) < 4.78 is 7.35. The highest BCUT2D eigenvalue weighted by molar-refractivity contribution is 9.10. The quantitative estimate of drug-likeness (QED) is 0.413. The van der Waals surface area contributed by atoms with Crippen molar-refractivity contribution in [1.82, 2.24) is 9.88 Å². The fraction of sp³-hybridized carbons (Fsp3) is 0.333. The first-order chi connectivity index (χ1) is 14.2. The molecule has 4 rings (SSSR count). The van der Waals surface area contributed by atoms with E-state index in [1.165, 1.54) is 0 Å². The molecule has 30 heavy (non-hydrogen) atoms.